The third-order valence-corrected chi connectivity index (χ3v) is 5.96. The van der Waals surface area contributed by atoms with Gasteiger partial charge in [0.05, 0.1) is 11.5 Å². The van der Waals surface area contributed by atoms with Crippen LogP contribution in [0.5, 0.6) is 5.75 Å². The second kappa shape index (κ2) is 12.4. The lowest BCUT2D eigenvalue weighted by Gasteiger charge is -2.17. The van der Waals surface area contributed by atoms with Gasteiger partial charge in [-0.2, -0.15) is 8.42 Å². The van der Waals surface area contributed by atoms with Gasteiger partial charge in [0.1, 0.15) is 5.75 Å². The van der Waals surface area contributed by atoms with Crippen LogP contribution in [0.3, 0.4) is 0 Å². The first-order valence-corrected chi connectivity index (χ1v) is 12.0. The number of aryl methyl sites for hydroxylation is 1. The number of benzene rings is 1. The molecule has 1 N–H and O–H groups in total. The third-order valence-electron chi connectivity index (χ3n) is 4.96. The number of rotatable bonds is 14. The Hall–Kier alpha value is -1.07. The maximum Gasteiger partial charge on any atom is 0.294 e. The molecule has 0 radical (unpaired) electrons. The molecule has 156 valence electrons. The molecule has 0 saturated heterocycles. The Balaban J connectivity index is 2.39. The van der Waals surface area contributed by atoms with E-state index >= 15 is 0 Å². The summed E-state index contributed by atoms with van der Waals surface area (Å²) < 4.78 is 38.3. The number of ether oxygens (including phenoxy) is 1. The van der Waals surface area contributed by atoms with Crippen molar-refractivity contribution in [1.82, 2.24) is 0 Å². The van der Waals surface area contributed by atoms with Crippen molar-refractivity contribution in [3.63, 3.8) is 0 Å². The van der Waals surface area contributed by atoms with Crippen molar-refractivity contribution in [2.45, 2.75) is 103 Å². The van der Waals surface area contributed by atoms with Gasteiger partial charge in [-0.15, -0.1) is 0 Å². The van der Waals surface area contributed by atoms with Gasteiger partial charge in [-0.25, -0.2) is 0 Å². The van der Waals surface area contributed by atoms with Crippen molar-refractivity contribution in [3.05, 3.63) is 23.3 Å². The van der Waals surface area contributed by atoms with Crippen LogP contribution in [0.15, 0.2) is 17.0 Å². The molecule has 0 aromatic heterocycles. The lowest BCUT2D eigenvalue weighted by atomic mass is 10.0. The van der Waals surface area contributed by atoms with E-state index in [0.717, 1.165) is 24.2 Å². The predicted molar refractivity (Wildman–Crippen MR) is 112 cm³/mol. The SMILES string of the molecule is CCCCCCCCCCCCOc1cc(C)c(S(=O)(=O)O)cc1C(C)C. The van der Waals surface area contributed by atoms with Gasteiger partial charge >= 0.3 is 0 Å². The molecule has 0 saturated carbocycles. The van der Waals surface area contributed by atoms with Gasteiger partial charge in [0, 0.05) is 0 Å². The van der Waals surface area contributed by atoms with Crippen molar-refractivity contribution in [3.8, 4) is 5.75 Å². The molecule has 0 unspecified atom stereocenters. The Morgan fingerprint density at radius 2 is 1.44 bits per heavy atom. The zero-order valence-corrected chi connectivity index (χ0v) is 18.4. The molecule has 0 aliphatic carbocycles. The molecule has 1 aromatic rings. The second-order valence-corrected chi connectivity index (χ2v) is 9.21. The smallest absolute Gasteiger partial charge is 0.294 e. The first kappa shape index (κ1) is 24.0. The minimum absolute atomic E-state index is 0.0301. The Kier molecular flexibility index (Phi) is 11.0. The van der Waals surface area contributed by atoms with Crippen LogP contribution in [-0.2, 0) is 10.1 Å². The van der Waals surface area contributed by atoms with E-state index in [0.29, 0.717) is 12.2 Å². The molecule has 1 rings (SSSR count). The zero-order valence-electron chi connectivity index (χ0n) is 17.6. The minimum Gasteiger partial charge on any atom is -0.493 e. The van der Waals surface area contributed by atoms with Crippen LogP contribution in [0.25, 0.3) is 0 Å². The second-order valence-electron chi connectivity index (χ2n) is 7.82. The minimum atomic E-state index is -4.21. The monoisotopic (exact) mass is 398 g/mol. The molecule has 0 spiro atoms. The summed E-state index contributed by atoms with van der Waals surface area (Å²) >= 11 is 0. The molecule has 0 atom stereocenters. The van der Waals surface area contributed by atoms with Crippen LogP contribution < -0.4 is 4.74 Å². The Bertz CT molecular complexity index is 651. The van der Waals surface area contributed by atoms with E-state index in [-0.39, 0.29) is 10.8 Å². The van der Waals surface area contributed by atoms with Crippen molar-refractivity contribution in [2.24, 2.45) is 0 Å². The van der Waals surface area contributed by atoms with E-state index < -0.39 is 10.1 Å². The summed E-state index contributed by atoms with van der Waals surface area (Å²) in [5.41, 5.74) is 1.33. The van der Waals surface area contributed by atoms with Crippen LogP contribution in [0.1, 0.15) is 102 Å². The van der Waals surface area contributed by atoms with Gasteiger partial charge in [0.25, 0.3) is 10.1 Å². The van der Waals surface area contributed by atoms with Gasteiger partial charge in [-0.3, -0.25) is 4.55 Å². The third kappa shape index (κ3) is 9.11. The molecule has 0 fully saturated rings. The topological polar surface area (TPSA) is 63.6 Å². The van der Waals surface area contributed by atoms with E-state index in [2.05, 4.69) is 6.92 Å². The average Bonchev–Trinajstić information content (AvgIpc) is 2.58. The van der Waals surface area contributed by atoms with Crippen LogP contribution >= 0.6 is 0 Å². The molecule has 4 nitrogen and oxygen atoms in total. The highest BCUT2D eigenvalue weighted by Gasteiger charge is 2.18. The van der Waals surface area contributed by atoms with E-state index in [1.54, 1.807) is 19.1 Å². The normalized spacial score (nSPS) is 11.9. The Morgan fingerprint density at radius 3 is 1.93 bits per heavy atom. The van der Waals surface area contributed by atoms with E-state index in [1.807, 2.05) is 13.8 Å². The fraction of sp³-hybridized carbons (Fsp3) is 0.727. The molecule has 0 aliphatic heterocycles. The summed E-state index contributed by atoms with van der Waals surface area (Å²) in [6.45, 7) is 8.55. The number of hydrogen-bond acceptors (Lipinski definition) is 3. The van der Waals surface area contributed by atoms with Crippen molar-refractivity contribution >= 4 is 10.1 Å². The molecule has 1 aromatic carbocycles. The summed E-state index contributed by atoms with van der Waals surface area (Å²) in [5, 5.41) is 0. The molecule has 27 heavy (non-hydrogen) atoms. The summed E-state index contributed by atoms with van der Waals surface area (Å²) in [4.78, 5) is -0.0301. The molecule has 0 bridgehead atoms. The van der Waals surface area contributed by atoms with Gasteiger partial charge in [0.15, 0.2) is 0 Å². The first-order valence-electron chi connectivity index (χ1n) is 10.5. The molecule has 0 heterocycles. The van der Waals surface area contributed by atoms with Gasteiger partial charge < -0.3 is 4.74 Å². The summed E-state index contributed by atoms with van der Waals surface area (Å²) in [7, 11) is -4.21. The largest absolute Gasteiger partial charge is 0.493 e. The van der Waals surface area contributed by atoms with Crippen LogP contribution in [0.4, 0.5) is 0 Å². The fourth-order valence-electron chi connectivity index (χ4n) is 3.30. The lowest BCUT2D eigenvalue weighted by molar-refractivity contribution is 0.300. The number of hydrogen-bond donors (Lipinski definition) is 1. The van der Waals surface area contributed by atoms with E-state index in [1.165, 1.54) is 51.4 Å². The van der Waals surface area contributed by atoms with Gasteiger partial charge in [-0.1, -0.05) is 78.6 Å². The Labute approximate surface area is 166 Å². The molecular weight excluding hydrogens is 360 g/mol. The van der Waals surface area contributed by atoms with Gasteiger partial charge in [-0.05, 0) is 42.5 Å². The highest BCUT2D eigenvalue weighted by atomic mass is 32.2. The summed E-state index contributed by atoms with van der Waals surface area (Å²) in [6, 6.07) is 3.28. The highest BCUT2D eigenvalue weighted by molar-refractivity contribution is 7.85. The van der Waals surface area contributed by atoms with E-state index in [4.69, 9.17) is 4.74 Å². The standard InChI is InChI=1S/C22H38O4S/c1-5-6-7-8-9-10-11-12-13-14-15-26-21-16-19(4)22(27(23,24)25)17-20(21)18(2)3/h16-18H,5-15H2,1-4H3,(H,23,24,25). The zero-order chi connectivity index (χ0) is 20.3. The average molecular weight is 399 g/mol. The van der Waals surface area contributed by atoms with Crippen molar-refractivity contribution in [1.29, 1.82) is 0 Å². The molecule has 5 heteroatoms. The summed E-state index contributed by atoms with van der Waals surface area (Å²) in [5.74, 6) is 0.847. The summed E-state index contributed by atoms with van der Waals surface area (Å²) in [6.07, 6.45) is 12.8. The van der Waals surface area contributed by atoms with Crippen LogP contribution in [0.2, 0.25) is 0 Å². The molecule has 0 amide bonds. The first-order chi connectivity index (χ1) is 12.8. The fourth-order valence-corrected chi connectivity index (χ4v) is 4.04. The van der Waals surface area contributed by atoms with Crippen molar-refractivity contribution in [2.75, 3.05) is 6.61 Å². The maximum absolute atomic E-state index is 11.5. The molecular formula is C22H38O4S. The Morgan fingerprint density at radius 1 is 0.926 bits per heavy atom. The van der Waals surface area contributed by atoms with Crippen LogP contribution in [-0.4, -0.2) is 19.6 Å². The lowest BCUT2D eigenvalue weighted by Crippen LogP contribution is -2.07. The maximum atomic E-state index is 11.5. The quantitative estimate of drug-likeness (QED) is 0.281. The highest BCUT2D eigenvalue weighted by Crippen LogP contribution is 2.32. The molecule has 0 aliphatic rings. The predicted octanol–water partition coefficient (Wildman–Crippen LogP) is 6.66. The van der Waals surface area contributed by atoms with Crippen LogP contribution in [0, 0.1) is 6.92 Å². The van der Waals surface area contributed by atoms with Gasteiger partial charge in [0.2, 0.25) is 0 Å². The number of unbranched alkanes of at least 4 members (excludes halogenated alkanes) is 9. The van der Waals surface area contributed by atoms with Crippen molar-refractivity contribution < 1.29 is 17.7 Å². The van der Waals surface area contributed by atoms with E-state index in [9.17, 15) is 13.0 Å².